The number of hydrogen-bond acceptors (Lipinski definition) is 4. The summed E-state index contributed by atoms with van der Waals surface area (Å²) in [5.41, 5.74) is 1.09. The van der Waals surface area contributed by atoms with Crippen molar-refractivity contribution in [1.82, 2.24) is 4.90 Å². The highest BCUT2D eigenvalue weighted by atomic mass is 35.5. The van der Waals surface area contributed by atoms with Gasteiger partial charge in [0.1, 0.15) is 9.84 Å². The number of amides is 1. The van der Waals surface area contributed by atoms with E-state index in [4.69, 9.17) is 11.6 Å². The monoisotopic (exact) mass is 370 g/mol. The highest BCUT2D eigenvalue weighted by Gasteiger charge is 2.28. The maximum absolute atomic E-state index is 12.5. The third-order valence-electron chi connectivity index (χ3n) is 4.94. The predicted molar refractivity (Wildman–Crippen MR) is 96.2 cm³/mol. The molecule has 2 aliphatic rings. The normalized spacial score (nSPS) is 21.7. The number of halogens is 1. The minimum atomic E-state index is -2.86. The highest BCUT2D eigenvalue weighted by Crippen LogP contribution is 2.24. The van der Waals surface area contributed by atoms with Gasteiger partial charge in [0.15, 0.2) is 0 Å². The Morgan fingerprint density at radius 2 is 1.79 bits per heavy atom. The minimum Gasteiger partial charge on any atom is -0.368 e. The maximum Gasteiger partial charge on any atom is 0.222 e. The number of sulfone groups is 1. The number of carbonyl (C=O) groups is 1. The summed E-state index contributed by atoms with van der Waals surface area (Å²) in [7, 11) is -2.86. The Morgan fingerprint density at radius 1 is 1.12 bits per heavy atom. The van der Waals surface area contributed by atoms with E-state index < -0.39 is 9.84 Å². The standard InChI is InChI=1S/C17H23ClN2O3S/c18-15-2-1-3-16(13-15)19-6-8-20(9-7-19)17(21)12-14-4-10-24(22,23)11-5-14/h1-3,13-14H,4-12H2. The van der Waals surface area contributed by atoms with Gasteiger partial charge in [0.05, 0.1) is 11.5 Å². The van der Waals surface area contributed by atoms with Gasteiger partial charge in [-0.2, -0.15) is 0 Å². The van der Waals surface area contributed by atoms with Crippen molar-refractivity contribution in [1.29, 1.82) is 0 Å². The van der Waals surface area contributed by atoms with E-state index in [1.165, 1.54) is 0 Å². The molecule has 7 heteroatoms. The second-order valence-electron chi connectivity index (χ2n) is 6.65. The quantitative estimate of drug-likeness (QED) is 0.818. The lowest BCUT2D eigenvalue weighted by Crippen LogP contribution is -2.49. The van der Waals surface area contributed by atoms with Crippen LogP contribution in [0.4, 0.5) is 5.69 Å². The molecule has 0 atom stereocenters. The molecule has 0 N–H and O–H groups in total. The van der Waals surface area contributed by atoms with Gasteiger partial charge in [-0.3, -0.25) is 4.79 Å². The van der Waals surface area contributed by atoms with Crippen LogP contribution < -0.4 is 4.90 Å². The molecule has 0 aliphatic carbocycles. The molecule has 2 heterocycles. The van der Waals surface area contributed by atoms with E-state index in [9.17, 15) is 13.2 Å². The molecule has 132 valence electrons. The van der Waals surface area contributed by atoms with Gasteiger partial charge in [-0.25, -0.2) is 8.42 Å². The van der Waals surface area contributed by atoms with E-state index in [-0.39, 0.29) is 23.3 Å². The van der Waals surface area contributed by atoms with Crippen molar-refractivity contribution in [2.45, 2.75) is 19.3 Å². The van der Waals surface area contributed by atoms with Crippen molar-refractivity contribution in [3.8, 4) is 0 Å². The van der Waals surface area contributed by atoms with Crippen molar-refractivity contribution >= 4 is 33.0 Å². The van der Waals surface area contributed by atoms with Crippen LogP contribution in [0.5, 0.6) is 0 Å². The molecule has 3 rings (SSSR count). The molecule has 0 radical (unpaired) electrons. The van der Waals surface area contributed by atoms with E-state index in [0.717, 1.165) is 23.8 Å². The second kappa shape index (κ2) is 7.31. The summed E-state index contributed by atoms with van der Waals surface area (Å²) in [5.74, 6) is 0.832. The molecule has 24 heavy (non-hydrogen) atoms. The maximum atomic E-state index is 12.5. The lowest BCUT2D eigenvalue weighted by atomic mass is 9.98. The van der Waals surface area contributed by atoms with Crippen LogP contribution in [-0.2, 0) is 14.6 Å². The molecule has 0 aromatic heterocycles. The van der Waals surface area contributed by atoms with Crippen LogP contribution in [0.3, 0.4) is 0 Å². The van der Waals surface area contributed by atoms with Gasteiger partial charge in [0.2, 0.25) is 5.91 Å². The first-order valence-electron chi connectivity index (χ1n) is 8.42. The summed E-state index contributed by atoms with van der Waals surface area (Å²) in [6, 6.07) is 7.77. The molecule has 2 fully saturated rings. The molecule has 0 saturated carbocycles. The number of benzene rings is 1. The fourth-order valence-electron chi connectivity index (χ4n) is 3.41. The van der Waals surface area contributed by atoms with Crippen molar-refractivity contribution in [2.75, 3.05) is 42.6 Å². The second-order valence-corrected chi connectivity index (χ2v) is 9.39. The van der Waals surface area contributed by atoms with Crippen LogP contribution in [0.1, 0.15) is 19.3 Å². The molecule has 1 aromatic rings. The lowest BCUT2D eigenvalue weighted by molar-refractivity contribution is -0.132. The molecule has 5 nitrogen and oxygen atoms in total. The summed E-state index contributed by atoms with van der Waals surface area (Å²) in [5, 5.41) is 0.721. The first-order chi connectivity index (χ1) is 11.4. The topological polar surface area (TPSA) is 57.7 Å². The Morgan fingerprint density at radius 3 is 2.42 bits per heavy atom. The van der Waals surface area contributed by atoms with Crippen molar-refractivity contribution in [3.63, 3.8) is 0 Å². The smallest absolute Gasteiger partial charge is 0.222 e. The largest absolute Gasteiger partial charge is 0.368 e. The van der Waals surface area contributed by atoms with E-state index in [1.54, 1.807) is 0 Å². The number of rotatable bonds is 3. The Hall–Kier alpha value is -1.27. The van der Waals surface area contributed by atoms with E-state index >= 15 is 0 Å². The summed E-state index contributed by atoms with van der Waals surface area (Å²) in [6.45, 7) is 3.00. The molecular weight excluding hydrogens is 348 g/mol. The van der Waals surface area contributed by atoms with Gasteiger partial charge < -0.3 is 9.80 Å². The Balaban J connectivity index is 1.49. The zero-order chi connectivity index (χ0) is 17.2. The van der Waals surface area contributed by atoms with Crippen LogP contribution in [0.15, 0.2) is 24.3 Å². The fourth-order valence-corrected chi connectivity index (χ4v) is 5.18. The molecule has 0 bridgehead atoms. The molecule has 2 aliphatic heterocycles. The number of nitrogens with zero attached hydrogens (tertiary/aromatic N) is 2. The first kappa shape index (κ1) is 17.5. The summed E-state index contributed by atoms with van der Waals surface area (Å²) in [4.78, 5) is 16.6. The average Bonchev–Trinajstić information content (AvgIpc) is 2.57. The molecule has 1 amide bonds. The Kier molecular flexibility index (Phi) is 5.35. The first-order valence-corrected chi connectivity index (χ1v) is 10.6. The third kappa shape index (κ3) is 4.42. The number of piperazine rings is 1. The van der Waals surface area contributed by atoms with E-state index in [1.807, 2.05) is 29.2 Å². The van der Waals surface area contributed by atoms with Gasteiger partial charge in [0, 0.05) is 43.3 Å². The van der Waals surface area contributed by atoms with Crippen molar-refractivity contribution in [3.05, 3.63) is 29.3 Å². The molecular formula is C17H23ClN2O3S. The SMILES string of the molecule is O=C(CC1CCS(=O)(=O)CC1)N1CCN(c2cccc(Cl)c2)CC1. The van der Waals surface area contributed by atoms with Gasteiger partial charge in [-0.1, -0.05) is 17.7 Å². The summed E-state index contributed by atoms with van der Waals surface area (Å²) < 4.78 is 22.9. The number of hydrogen-bond donors (Lipinski definition) is 0. The fraction of sp³-hybridized carbons (Fsp3) is 0.588. The average molecular weight is 371 g/mol. The predicted octanol–water partition coefficient (Wildman–Crippen LogP) is 2.20. The zero-order valence-electron chi connectivity index (χ0n) is 13.7. The third-order valence-corrected chi connectivity index (χ3v) is 6.89. The summed E-state index contributed by atoms with van der Waals surface area (Å²) >= 11 is 6.04. The Bertz CT molecular complexity index is 686. The number of anilines is 1. The van der Waals surface area contributed by atoms with Crippen LogP contribution in [-0.4, -0.2) is 56.9 Å². The minimum absolute atomic E-state index is 0.157. The van der Waals surface area contributed by atoms with Gasteiger partial charge in [0.25, 0.3) is 0 Å². The van der Waals surface area contributed by atoms with Crippen molar-refractivity contribution in [2.24, 2.45) is 5.92 Å². The van der Waals surface area contributed by atoms with Crippen molar-refractivity contribution < 1.29 is 13.2 Å². The Labute approximate surface area is 148 Å². The number of carbonyl (C=O) groups excluding carboxylic acids is 1. The van der Waals surface area contributed by atoms with E-state index in [0.29, 0.717) is 32.4 Å². The summed E-state index contributed by atoms with van der Waals surface area (Å²) in [6.07, 6.45) is 1.72. The molecule has 0 unspecified atom stereocenters. The van der Waals surface area contributed by atoms with Gasteiger partial charge in [-0.15, -0.1) is 0 Å². The van der Waals surface area contributed by atoms with Gasteiger partial charge in [-0.05, 0) is 37.0 Å². The highest BCUT2D eigenvalue weighted by molar-refractivity contribution is 7.91. The van der Waals surface area contributed by atoms with Crippen LogP contribution in [0, 0.1) is 5.92 Å². The van der Waals surface area contributed by atoms with Crippen LogP contribution in [0.25, 0.3) is 0 Å². The molecule has 1 aromatic carbocycles. The van der Waals surface area contributed by atoms with Crippen LogP contribution in [0.2, 0.25) is 5.02 Å². The zero-order valence-corrected chi connectivity index (χ0v) is 15.2. The molecule has 0 spiro atoms. The molecule has 2 saturated heterocycles. The lowest BCUT2D eigenvalue weighted by Gasteiger charge is -2.37. The van der Waals surface area contributed by atoms with Gasteiger partial charge >= 0.3 is 0 Å². The van der Waals surface area contributed by atoms with E-state index in [2.05, 4.69) is 4.90 Å². The van der Waals surface area contributed by atoms with Crippen LogP contribution >= 0.6 is 11.6 Å².